The fourth-order valence-electron chi connectivity index (χ4n) is 1.33. The molecule has 0 saturated heterocycles. The monoisotopic (exact) mass is 298 g/mol. The topological polar surface area (TPSA) is 97.1 Å². The van der Waals surface area contributed by atoms with Crippen molar-refractivity contribution in [1.29, 1.82) is 0 Å². The van der Waals surface area contributed by atoms with Gasteiger partial charge >= 0.3 is 0 Å². The predicted octanol–water partition coefficient (Wildman–Crippen LogP) is 1.13. The Bertz CT molecular complexity index is 482. The van der Waals surface area contributed by atoms with Gasteiger partial charge in [-0.15, -0.1) is 11.3 Å². The summed E-state index contributed by atoms with van der Waals surface area (Å²) in [6, 6.07) is 0. The Balaban J connectivity index is 2.56. The molecule has 0 saturated carbocycles. The van der Waals surface area contributed by atoms with Crippen molar-refractivity contribution in [3.63, 3.8) is 0 Å². The summed E-state index contributed by atoms with van der Waals surface area (Å²) in [6.45, 7) is 7.71. The van der Waals surface area contributed by atoms with Gasteiger partial charge in [0.15, 0.2) is 5.13 Å². The molecule has 0 bridgehead atoms. The molecule has 0 aliphatic carbocycles. The third kappa shape index (κ3) is 5.26. The highest BCUT2D eigenvalue weighted by Gasteiger charge is 2.19. The Hall–Kier alpha value is -1.47. The molecule has 0 aromatic carbocycles. The quantitative estimate of drug-likeness (QED) is 0.733. The zero-order valence-corrected chi connectivity index (χ0v) is 13.1. The van der Waals surface area contributed by atoms with Crippen molar-refractivity contribution in [1.82, 2.24) is 10.3 Å². The standard InChI is InChI=1S/C13H22N4O2S/c1-8(2)11(19)16-12-15-9(6-20-12)5-10(18)17-13(3,4)7-14/h6,8H,5,7,14H2,1-4H3,(H,17,18)(H,15,16,19). The largest absolute Gasteiger partial charge is 0.350 e. The lowest BCUT2D eigenvalue weighted by Crippen LogP contribution is -2.49. The number of anilines is 1. The van der Waals surface area contributed by atoms with E-state index in [2.05, 4.69) is 15.6 Å². The second-order valence-electron chi connectivity index (χ2n) is 5.60. The molecule has 1 rings (SSSR count). The average Bonchev–Trinajstić information content (AvgIpc) is 2.75. The number of hydrogen-bond donors (Lipinski definition) is 3. The van der Waals surface area contributed by atoms with Crippen molar-refractivity contribution < 1.29 is 9.59 Å². The number of nitrogens with zero attached hydrogens (tertiary/aromatic N) is 1. The zero-order chi connectivity index (χ0) is 15.3. The summed E-state index contributed by atoms with van der Waals surface area (Å²) in [6.07, 6.45) is 0.178. The Morgan fingerprint density at radius 2 is 2.10 bits per heavy atom. The van der Waals surface area contributed by atoms with E-state index in [1.54, 1.807) is 5.38 Å². The first-order valence-corrected chi connectivity index (χ1v) is 7.38. The van der Waals surface area contributed by atoms with Crippen LogP contribution in [-0.2, 0) is 16.0 Å². The molecule has 0 aliphatic rings. The van der Waals surface area contributed by atoms with Gasteiger partial charge < -0.3 is 16.4 Å². The second kappa shape index (κ2) is 6.81. The number of thiazole rings is 1. The maximum atomic E-state index is 11.8. The fraction of sp³-hybridized carbons (Fsp3) is 0.615. The van der Waals surface area contributed by atoms with Crippen LogP contribution in [-0.4, -0.2) is 28.9 Å². The zero-order valence-electron chi connectivity index (χ0n) is 12.3. The molecule has 4 N–H and O–H groups in total. The van der Waals surface area contributed by atoms with Gasteiger partial charge in [0, 0.05) is 23.4 Å². The average molecular weight is 298 g/mol. The molecule has 112 valence electrons. The van der Waals surface area contributed by atoms with Crippen molar-refractivity contribution in [2.24, 2.45) is 11.7 Å². The van der Waals surface area contributed by atoms with Crippen LogP contribution in [0.1, 0.15) is 33.4 Å². The van der Waals surface area contributed by atoms with Crippen LogP contribution in [0.25, 0.3) is 0 Å². The van der Waals surface area contributed by atoms with Gasteiger partial charge in [-0.1, -0.05) is 13.8 Å². The lowest BCUT2D eigenvalue weighted by atomic mass is 10.1. The first-order chi connectivity index (χ1) is 9.23. The molecule has 0 unspecified atom stereocenters. The van der Waals surface area contributed by atoms with Crippen LogP contribution in [0.2, 0.25) is 0 Å². The van der Waals surface area contributed by atoms with Crippen molar-refractivity contribution in [2.45, 2.75) is 39.7 Å². The normalized spacial score (nSPS) is 11.5. The van der Waals surface area contributed by atoms with E-state index >= 15 is 0 Å². The molecule has 0 aliphatic heterocycles. The maximum absolute atomic E-state index is 11.8. The van der Waals surface area contributed by atoms with Gasteiger partial charge in [-0.25, -0.2) is 4.98 Å². The van der Waals surface area contributed by atoms with Gasteiger partial charge in [0.2, 0.25) is 11.8 Å². The van der Waals surface area contributed by atoms with Gasteiger partial charge in [0.05, 0.1) is 12.1 Å². The van der Waals surface area contributed by atoms with E-state index in [1.807, 2.05) is 27.7 Å². The van der Waals surface area contributed by atoms with Gasteiger partial charge in [-0.3, -0.25) is 9.59 Å². The maximum Gasteiger partial charge on any atom is 0.228 e. The molecule has 0 radical (unpaired) electrons. The lowest BCUT2D eigenvalue weighted by Gasteiger charge is -2.23. The van der Waals surface area contributed by atoms with E-state index < -0.39 is 5.54 Å². The first-order valence-electron chi connectivity index (χ1n) is 6.50. The number of aromatic nitrogens is 1. The molecule has 0 fully saturated rings. The van der Waals surface area contributed by atoms with E-state index in [4.69, 9.17) is 5.73 Å². The lowest BCUT2D eigenvalue weighted by molar-refractivity contribution is -0.122. The molecule has 7 heteroatoms. The minimum atomic E-state index is -0.429. The highest BCUT2D eigenvalue weighted by molar-refractivity contribution is 7.13. The number of amides is 2. The van der Waals surface area contributed by atoms with Gasteiger partial charge in [-0.05, 0) is 13.8 Å². The van der Waals surface area contributed by atoms with Crippen molar-refractivity contribution in [2.75, 3.05) is 11.9 Å². The molecule has 2 amide bonds. The highest BCUT2D eigenvalue weighted by atomic mass is 32.1. The van der Waals surface area contributed by atoms with E-state index in [1.165, 1.54) is 11.3 Å². The molecule has 1 heterocycles. The number of carbonyl (C=O) groups excluding carboxylic acids is 2. The molecule has 0 spiro atoms. The van der Waals surface area contributed by atoms with Crippen LogP contribution in [0.3, 0.4) is 0 Å². The summed E-state index contributed by atoms with van der Waals surface area (Å²) in [4.78, 5) is 27.6. The van der Waals surface area contributed by atoms with Crippen LogP contribution in [0.15, 0.2) is 5.38 Å². The molecule has 1 aromatic heterocycles. The SMILES string of the molecule is CC(C)C(=O)Nc1nc(CC(=O)NC(C)(C)CN)cs1. The molecular weight excluding hydrogens is 276 g/mol. The molecular formula is C13H22N4O2S. The van der Waals surface area contributed by atoms with E-state index in [0.717, 1.165) is 0 Å². The molecule has 20 heavy (non-hydrogen) atoms. The minimum Gasteiger partial charge on any atom is -0.350 e. The molecule has 6 nitrogen and oxygen atoms in total. The predicted molar refractivity (Wildman–Crippen MR) is 80.6 cm³/mol. The smallest absolute Gasteiger partial charge is 0.228 e. The summed E-state index contributed by atoms with van der Waals surface area (Å²) < 4.78 is 0. The summed E-state index contributed by atoms with van der Waals surface area (Å²) in [5.74, 6) is -0.317. The number of nitrogens with two attached hydrogens (primary N) is 1. The third-order valence-corrected chi connectivity index (χ3v) is 3.44. The van der Waals surface area contributed by atoms with Crippen molar-refractivity contribution in [3.8, 4) is 0 Å². The summed E-state index contributed by atoms with van der Waals surface area (Å²) in [5.41, 5.74) is 5.77. The summed E-state index contributed by atoms with van der Waals surface area (Å²) in [5, 5.41) is 7.83. The number of hydrogen-bond acceptors (Lipinski definition) is 5. The fourth-order valence-corrected chi connectivity index (χ4v) is 2.05. The van der Waals surface area contributed by atoms with Gasteiger partial charge in [0.1, 0.15) is 0 Å². The van der Waals surface area contributed by atoms with Crippen molar-refractivity contribution in [3.05, 3.63) is 11.1 Å². The molecule has 0 atom stereocenters. The number of carbonyl (C=O) groups is 2. The first kappa shape index (κ1) is 16.6. The van der Waals surface area contributed by atoms with E-state index in [0.29, 0.717) is 17.4 Å². The second-order valence-corrected chi connectivity index (χ2v) is 6.46. The van der Waals surface area contributed by atoms with Crippen LogP contribution in [0.4, 0.5) is 5.13 Å². The Kier molecular flexibility index (Phi) is 5.64. The Morgan fingerprint density at radius 3 is 2.65 bits per heavy atom. The number of nitrogens with one attached hydrogen (secondary N) is 2. The minimum absolute atomic E-state index is 0.0837. The Morgan fingerprint density at radius 1 is 1.45 bits per heavy atom. The summed E-state index contributed by atoms with van der Waals surface area (Å²) >= 11 is 1.31. The molecule has 1 aromatic rings. The van der Waals surface area contributed by atoms with E-state index in [-0.39, 0.29) is 24.2 Å². The van der Waals surface area contributed by atoms with Gasteiger partial charge in [0.25, 0.3) is 0 Å². The van der Waals surface area contributed by atoms with Crippen LogP contribution in [0.5, 0.6) is 0 Å². The highest BCUT2D eigenvalue weighted by Crippen LogP contribution is 2.16. The van der Waals surface area contributed by atoms with Crippen LogP contribution >= 0.6 is 11.3 Å². The van der Waals surface area contributed by atoms with Crippen LogP contribution < -0.4 is 16.4 Å². The van der Waals surface area contributed by atoms with E-state index in [9.17, 15) is 9.59 Å². The van der Waals surface area contributed by atoms with Crippen LogP contribution in [0, 0.1) is 5.92 Å². The number of rotatable bonds is 6. The van der Waals surface area contributed by atoms with Gasteiger partial charge in [-0.2, -0.15) is 0 Å². The van der Waals surface area contributed by atoms with Crippen molar-refractivity contribution >= 4 is 28.3 Å². The Labute approximate surface area is 123 Å². The third-order valence-electron chi connectivity index (χ3n) is 2.64. The summed E-state index contributed by atoms with van der Waals surface area (Å²) in [7, 11) is 0.